The van der Waals surface area contributed by atoms with Crippen molar-refractivity contribution in [1.82, 2.24) is 0 Å². The van der Waals surface area contributed by atoms with Crippen molar-refractivity contribution < 1.29 is 31.8 Å². The van der Waals surface area contributed by atoms with Gasteiger partial charge in [-0.1, -0.05) is 64.5 Å². The molecule has 0 amide bonds. The van der Waals surface area contributed by atoms with Gasteiger partial charge in [0.1, 0.15) is 0 Å². The highest BCUT2D eigenvalue weighted by atomic mass is 19.2. The number of hydrogen-bond acceptors (Lipinski definition) is 2. The highest BCUT2D eigenvalue weighted by molar-refractivity contribution is 5.37. The number of halogens is 5. The molecule has 2 atom stereocenters. The van der Waals surface area contributed by atoms with E-state index in [1.165, 1.54) is 50.7 Å². The molecule has 0 saturated heterocycles. The zero-order valence-electron chi connectivity index (χ0n) is 24.4. The van der Waals surface area contributed by atoms with E-state index in [-0.39, 0.29) is 30.3 Å². The van der Waals surface area contributed by atoms with Gasteiger partial charge in [0.25, 0.3) is 0 Å². The van der Waals surface area contributed by atoms with E-state index in [2.05, 4.69) is 13.8 Å². The Kier molecular flexibility index (Phi) is 11.5. The Balaban J connectivity index is 0.000000189. The molecule has 5 rings (SSSR count). The molecule has 2 nitrogen and oxygen atoms in total. The van der Waals surface area contributed by atoms with Crippen LogP contribution in [0.2, 0.25) is 0 Å². The second-order valence-electron chi connectivity index (χ2n) is 12.5. The topological polar surface area (TPSA) is 29.5 Å². The number of rotatable bonds is 7. The van der Waals surface area contributed by atoms with Gasteiger partial charge in [0, 0.05) is 6.61 Å². The summed E-state index contributed by atoms with van der Waals surface area (Å²) in [5.74, 6) is -2.16. The smallest absolute Gasteiger partial charge is 0.200 e. The number of aliphatic hydroxyl groups is 1. The van der Waals surface area contributed by atoms with Crippen LogP contribution in [-0.2, 0) is 12.8 Å². The van der Waals surface area contributed by atoms with Crippen LogP contribution in [0.25, 0.3) is 0 Å². The van der Waals surface area contributed by atoms with Gasteiger partial charge in [-0.05, 0) is 97.3 Å². The quantitative estimate of drug-likeness (QED) is 0.261. The number of ether oxygens (including phenoxy) is 1. The van der Waals surface area contributed by atoms with E-state index in [0.29, 0.717) is 24.4 Å². The van der Waals surface area contributed by atoms with Crippen molar-refractivity contribution in [2.24, 2.45) is 35.5 Å². The lowest BCUT2D eigenvalue weighted by atomic mass is 9.73. The molecule has 1 heterocycles. The van der Waals surface area contributed by atoms with Crippen molar-refractivity contribution in [3.05, 3.63) is 64.5 Å². The molecule has 0 radical (unpaired) electrons. The first kappa shape index (κ1) is 31.8. The van der Waals surface area contributed by atoms with E-state index in [9.17, 15) is 27.1 Å². The van der Waals surface area contributed by atoms with E-state index < -0.39 is 29.1 Å². The second kappa shape index (κ2) is 14.8. The van der Waals surface area contributed by atoms with Gasteiger partial charge < -0.3 is 9.84 Å². The molecule has 2 fully saturated rings. The molecule has 7 heteroatoms. The standard InChI is InChI=1S/C17H23F3O.C17H22F2O/c1-2-11-3-5-12(6-4-11)14(10-21)9-13-7-8-15(18)17(20)16(13)19;1-2-11-3-5-12(6-4-11)14-9-13-7-8-15(18)16(19)17(13)20-10-14/h7-8,11-12,14,21H,2-6,9-10H2,1H3;7-8,11-12,14H,2-6,9-10H2,1H3. The molecule has 1 aliphatic heterocycles. The van der Waals surface area contributed by atoms with E-state index in [1.54, 1.807) is 6.07 Å². The summed E-state index contributed by atoms with van der Waals surface area (Å²) < 4.78 is 72.3. The van der Waals surface area contributed by atoms with Gasteiger partial charge in [0.15, 0.2) is 29.0 Å². The Hall–Kier alpha value is -2.15. The maximum Gasteiger partial charge on any atom is 0.200 e. The molecule has 2 aliphatic carbocycles. The molecule has 2 aromatic rings. The average Bonchev–Trinajstić information content (AvgIpc) is 3.02. The van der Waals surface area contributed by atoms with Gasteiger partial charge in [-0.2, -0.15) is 4.39 Å². The lowest BCUT2D eigenvalue weighted by Gasteiger charge is -2.36. The Morgan fingerprint density at radius 1 is 0.732 bits per heavy atom. The largest absolute Gasteiger partial charge is 0.490 e. The molecule has 2 aromatic carbocycles. The summed E-state index contributed by atoms with van der Waals surface area (Å²) in [5, 5.41) is 9.59. The number of hydrogen-bond donors (Lipinski definition) is 1. The Labute approximate surface area is 241 Å². The predicted octanol–water partition coefficient (Wildman–Crippen LogP) is 9.20. The van der Waals surface area contributed by atoms with Crippen molar-refractivity contribution in [1.29, 1.82) is 0 Å². The Bertz CT molecular complexity index is 1120. The molecule has 0 spiro atoms. The van der Waals surface area contributed by atoms with Crippen LogP contribution in [0.5, 0.6) is 5.75 Å². The molecule has 0 aromatic heterocycles. The first-order valence-electron chi connectivity index (χ1n) is 15.6. The highest BCUT2D eigenvalue weighted by Crippen LogP contribution is 2.40. The first-order chi connectivity index (χ1) is 19.7. The molecular formula is C34H45F5O2. The molecule has 1 N–H and O–H groups in total. The summed E-state index contributed by atoms with van der Waals surface area (Å²) in [6.07, 6.45) is 13.0. The monoisotopic (exact) mass is 580 g/mol. The molecule has 2 unspecified atom stereocenters. The molecular weight excluding hydrogens is 535 g/mol. The zero-order chi connectivity index (χ0) is 29.5. The van der Waals surface area contributed by atoms with Crippen LogP contribution in [0.1, 0.15) is 89.2 Å². The van der Waals surface area contributed by atoms with E-state index in [0.717, 1.165) is 55.6 Å². The zero-order valence-corrected chi connectivity index (χ0v) is 24.4. The molecule has 41 heavy (non-hydrogen) atoms. The maximum absolute atomic E-state index is 13.7. The van der Waals surface area contributed by atoms with E-state index >= 15 is 0 Å². The third-order valence-electron chi connectivity index (χ3n) is 10.2. The summed E-state index contributed by atoms with van der Waals surface area (Å²) in [6, 6.07) is 5.13. The Morgan fingerprint density at radius 2 is 1.32 bits per heavy atom. The summed E-state index contributed by atoms with van der Waals surface area (Å²) >= 11 is 0. The number of fused-ring (bicyclic) bond motifs is 1. The summed E-state index contributed by atoms with van der Waals surface area (Å²) in [6.45, 7) is 4.95. The van der Waals surface area contributed by atoms with E-state index in [1.807, 2.05) is 0 Å². The van der Waals surface area contributed by atoms with Gasteiger partial charge in [-0.25, -0.2) is 17.6 Å². The number of aliphatic hydroxyl groups excluding tert-OH is 1. The van der Waals surface area contributed by atoms with Crippen LogP contribution in [0.3, 0.4) is 0 Å². The normalized spacial score (nSPS) is 26.8. The predicted molar refractivity (Wildman–Crippen MR) is 151 cm³/mol. The van der Waals surface area contributed by atoms with Crippen LogP contribution < -0.4 is 4.74 Å². The lowest BCUT2D eigenvalue weighted by molar-refractivity contribution is 0.122. The first-order valence-corrected chi connectivity index (χ1v) is 15.6. The summed E-state index contributed by atoms with van der Waals surface area (Å²) in [5.41, 5.74) is 0.989. The van der Waals surface area contributed by atoms with Crippen LogP contribution in [0.15, 0.2) is 24.3 Å². The van der Waals surface area contributed by atoms with E-state index in [4.69, 9.17) is 4.74 Å². The van der Waals surface area contributed by atoms with Gasteiger partial charge in [-0.15, -0.1) is 0 Å². The highest BCUT2D eigenvalue weighted by Gasteiger charge is 2.32. The lowest BCUT2D eigenvalue weighted by Crippen LogP contribution is -2.31. The maximum atomic E-state index is 13.7. The van der Waals surface area contributed by atoms with Crippen LogP contribution in [0.4, 0.5) is 22.0 Å². The van der Waals surface area contributed by atoms with Gasteiger partial charge in [-0.3, -0.25) is 0 Å². The summed E-state index contributed by atoms with van der Waals surface area (Å²) in [7, 11) is 0. The van der Waals surface area contributed by atoms with Gasteiger partial charge in [0.05, 0.1) is 6.61 Å². The van der Waals surface area contributed by atoms with Crippen molar-refractivity contribution in [2.45, 2.75) is 90.9 Å². The minimum Gasteiger partial charge on any atom is -0.490 e. The fourth-order valence-corrected chi connectivity index (χ4v) is 7.25. The third kappa shape index (κ3) is 7.82. The van der Waals surface area contributed by atoms with Gasteiger partial charge >= 0.3 is 0 Å². The van der Waals surface area contributed by atoms with Crippen molar-refractivity contribution in [3.63, 3.8) is 0 Å². The minimum atomic E-state index is -1.42. The molecule has 3 aliphatic rings. The van der Waals surface area contributed by atoms with Crippen molar-refractivity contribution in [3.8, 4) is 5.75 Å². The second-order valence-corrected chi connectivity index (χ2v) is 12.5. The van der Waals surface area contributed by atoms with Crippen LogP contribution in [0, 0.1) is 64.6 Å². The fourth-order valence-electron chi connectivity index (χ4n) is 7.25. The third-order valence-corrected chi connectivity index (χ3v) is 10.2. The minimum absolute atomic E-state index is 0.0418. The molecule has 0 bridgehead atoms. The Morgan fingerprint density at radius 3 is 1.93 bits per heavy atom. The SMILES string of the molecule is CCC1CCC(C(CO)Cc2ccc(F)c(F)c2F)CC1.CCC1CCC(C2COc3c(ccc(F)c3F)C2)CC1. The number of benzene rings is 2. The van der Waals surface area contributed by atoms with Crippen LogP contribution in [-0.4, -0.2) is 18.3 Å². The summed E-state index contributed by atoms with van der Waals surface area (Å²) in [4.78, 5) is 0. The molecule has 2 saturated carbocycles. The average molecular weight is 581 g/mol. The van der Waals surface area contributed by atoms with Crippen molar-refractivity contribution in [2.75, 3.05) is 13.2 Å². The molecule has 228 valence electrons. The van der Waals surface area contributed by atoms with Crippen molar-refractivity contribution >= 4 is 0 Å². The van der Waals surface area contributed by atoms with Gasteiger partial charge in [0.2, 0.25) is 5.82 Å². The fraction of sp³-hybridized carbons (Fsp3) is 0.647. The van der Waals surface area contributed by atoms with Crippen LogP contribution >= 0.6 is 0 Å².